The SMILES string of the molecule is Cc1cc(Cl)c(-c2ccc(C=O)cc2F)cc1C. The molecule has 0 bridgehead atoms. The van der Waals surface area contributed by atoms with Crippen molar-refractivity contribution in [1.82, 2.24) is 0 Å². The lowest BCUT2D eigenvalue weighted by molar-refractivity contribution is 0.112. The second kappa shape index (κ2) is 4.91. The Morgan fingerprint density at radius 2 is 1.72 bits per heavy atom. The van der Waals surface area contributed by atoms with E-state index >= 15 is 0 Å². The number of hydrogen-bond acceptors (Lipinski definition) is 1. The summed E-state index contributed by atoms with van der Waals surface area (Å²) in [7, 11) is 0. The van der Waals surface area contributed by atoms with Gasteiger partial charge >= 0.3 is 0 Å². The molecule has 0 amide bonds. The van der Waals surface area contributed by atoms with E-state index in [1.807, 2.05) is 26.0 Å². The molecule has 0 aliphatic carbocycles. The van der Waals surface area contributed by atoms with Crippen LogP contribution in [0.3, 0.4) is 0 Å². The summed E-state index contributed by atoms with van der Waals surface area (Å²) >= 11 is 6.15. The van der Waals surface area contributed by atoms with Crippen LogP contribution >= 0.6 is 11.6 Å². The van der Waals surface area contributed by atoms with Gasteiger partial charge in [0.1, 0.15) is 12.1 Å². The Labute approximate surface area is 110 Å². The summed E-state index contributed by atoms with van der Waals surface area (Å²) in [5.74, 6) is -0.440. The van der Waals surface area contributed by atoms with Gasteiger partial charge in [0.25, 0.3) is 0 Å². The summed E-state index contributed by atoms with van der Waals surface area (Å²) < 4.78 is 13.9. The van der Waals surface area contributed by atoms with Crippen molar-refractivity contribution in [1.29, 1.82) is 0 Å². The van der Waals surface area contributed by atoms with Crippen molar-refractivity contribution >= 4 is 17.9 Å². The maximum Gasteiger partial charge on any atom is 0.150 e. The molecule has 0 aliphatic rings. The van der Waals surface area contributed by atoms with Crippen LogP contribution in [0.5, 0.6) is 0 Å². The molecule has 0 saturated heterocycles. The van der Waals surface area contributed by atoms with Crippen molar-refractivity contribution in [2.75, 3.05) is 0 Å². The standard InChI is InChI=1S/C15H12ClFO/c1-9-5-13(14(16)6-10(9)2)12-4-3-11(8-18)7-15(12)17/h3-8H,1-2H3. The third-order valence-corrected chi connectivity index (χ3v) is 3.32. The fraction of sp³-hybridized carbons (Fsp3) is 0.133. The Hall–Kier alpha value is -1.67. The molecule has 2 aromatic rings. The lowest BCUT2D eigenvalue weighted by atomic mass is 9.99. The predicted molar refractivity (Wildman–Crippen MR) is 71.7 cm³/mol. The van der Waals surface area contributed by atoms with Crippen LogP contribution in [0, 0.1) is 19.7 Å². The largest absolute Gasteiger partial charge is 0.298 e. The molecule has 18 heavy (non-hydrogen) atoms. The molecule has 0 unspecified atom stereocenters. The van der Waals surface area contributed by atoms with Gasteiger partial charge in [-0.1, -0.05) is 23.7 Å². The van der Waals surface area contributed by atoms with Gasteiger partial charge in [0.05, 0.1) is 0 Å². The van der Waals surface area contributed by atoms with Crippen LogP contribution in [0.1, 0.15) is 21.5 Å². The van der Waals surface area contributed by atoms with Gasteiger partial charge in [0.2, 0.25) is 0 Å². The highest BCUT2D eigenvalue weighted by atomic mass is 35.5. The van der Waals surface area contributed by atoms with Crippen molar-refractivity contribution < 1.29 is 9.18 Å². The molecule has 3 heteroatoms. The number of carbonyl (C=O) groups is 1. The second-order valence-electron chi connectivity index (χ2n) is 4.27. The molecule has 0 N–H and O–H groups in total. The molecule has 2 rings (SSSR count). The molecular formula is C15H12ClFO. The van der Waals surface area contributed by atoms with E-state index < -0.39 is 5.82 Å². The zero-order valence-corrected chi connectivity index (χ0v) is 10.9. The average molecular weight is 263 g/mol. The van der Waals surface area contributed by atoms with E-state index in [2.05, 4.69) is 0 Å². The Kier molecular flexibility index (Phi) is 3.48. The zero-order chi connectivity index (χ0) is 13.3. The van der Waals surface area contributed by atoms with Gasteiger partial charge < -0.3 is 0 Å². The number of carbonyl (C=O) groups excluding carboxylic acids is 1. The first-order valence-corrected chi connectivity index (χ1v) is 5.92. The number of hydrogen-bond donors (Lipinski definition) is 0. The maximum atomic E-state index is 13.9. The minimum absolute atomic E-state index is 0.316. The van der Waals surface area contributed by atoms with Crippen LogP contribution in [0.15, 0.2) is 30.3 Å². The number of aldehydes is 1. The number of benzene rings is 2. The van der Waals surface area contributed by atoms with Gasteiger partial charge in [-0.2, -0.15) is 0 Å². The molecule has 92 valence electrons. The van der Waals surface area contributed by atoms with Gasteiger partial charge in [-0.25, -0.2) is 4.39 Å². The Balaban J connectivity index is 2.62. The monoisotopic (exact) mass is 262 g/mol. The zero-order valence-electron chi connectivity index (χ0n) is 10.1. The van der Waals surface area contributed by atoms with Crippen molar-refractivity contribution in [3.8, 4) is 11.1 Å². The van der Waals surface area contributed by atoms with E-state index in [4.69, 9.17) is 11.6 Å². The van der Waals surface area contributed by atoms with Gasteiger partial charge in [-0.15, -0.1) is 0 Å². The predicted octanol–water partition coefficient (Wildman–Crippen LogP) is 4.58. The Morgan fingerprint density at radius 1 is 1.06 bits per heavy atom. The van der Waals surface area contributed by atoms with Crippen molar-refractivity contribution in [3.05, 3.63) is 57.9 Å². The van der Waals surface area contributed by atoms with E-state index in [0.717, 1.165) is 11.1 Å². The molecule has 0 atom stereocenters. The molecule has 0 aromatic heterocycles. The third kappa shape index (κ3) is 2.29. The van der Waals surface area contributed by atoms with E-state index in [-0.39, 0.29) is 0 Å². The molecule has 0 spiro atoms. The fourth-order valence-corrected chi connectivity index (χ4v) is 2.13. The molecule has 0 heterocycles. The summed E-state index contributed by atoms with van der Waals surface area (Å²) in [5, 5.41) is 0.510. The van der Waals surface area contributed by atoms with E-state index in [0.29, 0.717) is 28.0 Å². The number of rotatable bonds is 2. The lowest BCUT2D eigenvalue weighted by Crippen LogP contribution is -1.91. The van der Waals surface area contributed by atoms with E-state index in [1.165, 1.54) is 6.07 Å². The van der Waals surface area contributed by atoms with Crippen LogP contribution in [0.25, 0.3) is 11.1 Å². The second-order valence-corrected chi connectivity index (χ2v) is 4.68. The van der Waals surface area contributed by atoms with Crippen molar-refractivity contribution in [3.63, 3.8) is 0 Å². The van der Waals surface area contributed by atoms with Crippen LogP contribution in [-0.2, 0) is 0 Å². The summed E-state index contributed by atoms with van der Waals surface area (Å²) in [6.07, 6.45) is 0.620. The molecule has 1 nitrogen and oxygen atoms in total. The maximum absolute atomic E-state index is 13.9. The van der Waals surface area contributed by atoms with Gasteiger partial charge in [-0.3, -0.25) is 4.79 Å². The van der Waals surface area contributed by atoms with E-state index in [9.17, 15) is 9.18 Å². The summed E-state index contributed by atoms with van der Waals surface area (Å²) in [6, 6.07) is 8.05. The first-order valence-electron chi connectivity index (χ1n) is 5.55. The normalized spacial score (nSPS) is 10.4. The van der Waals surface area contributed by atoms with Gasteiger partial charge in [0.15, 0.2) is 0 Å². The molecule has 0 radical (unpaired) electrons. The molecule has 0 aliphatic heterocycles. The first-order chi connectivity index (χ1) is 8.52. The smallest absolute Gasteiger partial charge is 0.150 e. The fourth-order valence-electron chi connectivity index (χ4n) is 1.81. The van der Waals surface area contributed by atoms with Crippen LogP contribution in [0.2, 0.25) is 5.02 Å². The van der Waals surface area contributed by atoms with Crippen LogP contribution in [0.4, 0.5) is 4.39 Å². The summed E-state index contributed by atoms with van der Waals surface area (Å²) in [4.78, 5) is 10.6. The topological polar surface area (TPSA) is 17.1 Å². The quantitative estimate of drug-likeness (QED) is 0.724. The van der Waals surface area contributed by atoms with Crippen LogP contribution in [-0.4, -0.2) is 6.29 Å². The highest BCUT2D eigenvalue weighted by Gasteiger charge is 2.11. The van der Waals surface area contributed by atoms with Crippen molar-refractivity contribution in [2.45, 2.75) is 13.8 Å². The highest BCUT2D eigenvalue weighted by molar-refractivity contribution is 6.33. The minimum Gasteiger partial charge on any atom is -0.298 e. The van der Waals surface area contributed by atoms with Gasteiger partial charge in [0, 0.05) is 21.7 Å². The minimum atomic E-state index is -0.440. The summed E-state index contributed by atoms with van der Waals surface area (Å²) in [6.45, 7) is 3.91. The van der Waals surface area contributed by atoms with E-state index in [1.54, 1.807) is 12.1 Å². The average Bonchev–Trinajstić information content (AvgIpc) is 2.34. The first kappa shape index (κ1) is 12.8. The Bertz CT molecular complexity index is 620. The molecule has 2 aromatic carbocycles. The highest BCUT2D eigenvalue weighted by Crippen LogP contribution is 2.32. The molecule has 0 fully saturated rings. The number of halogens is 2. The Morgan fingerprint density at radius 3 is 2.33 bits per heavy atom. The number of aryl methyl sites for hydroxylation is 2. The molecular weight excluding hydrogens is 251 g/mol. The summed E-state index contributed by atoms with van der Waals surface area (Å²) in [5.41, 5.74) is 3.49. The van der Waals surface area contributed by atoms with Gasteiger partial charge in [-0.05, 0) is 43.2 Å². The molecule has 0 saturated carbocycles. The van der Waals surface area contributed by atoms with Crippen molar-refractivity contribution in [2.24, 2.45) is 0 Å². The lowest BCUT2D eigenvalue weighted by Gasteiger charge is -2.10. The van der Waals surface area contributed by atoms with Crippen LogP contribution < -0.4 is 0 Å². The third-order valence-electron chi connectivity index (χ3n) is 3.00.